The van der Waals surface area contributed by atoms with Gasteiger partial charge in [-0.2, -0.15) is 4.98 Å². The molecule has 1 aliphatic rings. The number of nitrogens with zero attached hydrogens (tertiary/aromatic N) is 5. The molecule has 1 aromatic carbocycles. The molecule has 3 aromatic rings. The Balaban J connectivity index is 0.00000196. The van der Waals surface area contributed by atoms with Crippen LogP contribution in [0.5, 0.6) is 0 Å². The molecule has 0 saturated heterocycles. The van der Waals surface area contributed by atoms with Crippen LogP contribution < -0.4 is 5.73 Å². The molecule has 0 amide bonds. The molecule has 1 aliphatic carbocycles. The molecule has 138 valence electrons. The van der Waals surface area contributed by atoms with Gasteiger partial charge in [-0.15, -0.1) is 17.5 Å². The van der Waals surface area contributed by atoms with Gasteiger partial charge in [-0.3, -0.25) is 0 Å². The van der Waals surface area contributed by atoms with Gasteiger partial charge >= 0.3 is 0 Å². The van der Waals surface area contributed by atoms with Crippen molar-refractivity contribution in [2.24, 2.45) is 5.73 Å². The third kappa shape index (κ3) is 3.01. The van der Waals surface area contributed by atoms with Gasteiger partial charge in [-0.25, -0.2) is 9.67 Å². The number of aromatic nitrogens is 5. The Labute approximate surface area is 158 Å². The summed E-state index contributed by atoms with van der Waals surface area (Å²) in [7, 11) is 0. The van der Waals surface area contributed by atoms with E-state index < -0.39 is 5.54 Å². The zero-order valence-corrected chi connectivity index (χ0v) is 16.0. The van der Waals surface area contributed by atoms with Crippen molar-refractivity contribution in [3.8, 4) is 17.4 Å². The van der Waals surface area contributed by atoms with E-state index in [9.17, 15) is 0 Å². The summed E-state index contributed by atoms with van der Waals surface area (Å²) in [5.41, 5.74) is 8.04. The van der Waals surface area contributed by atoms with Gasteiger partial charge < -0.3 is 10.3 Å². The SMILES string of the molecule is Cc1nc(-c2nc(C3(N)CCC3)no2)nn1-c1ccccc1C(C)C.Cl. The van der Waals surface area contributed by atoms with Crippen LogP contribution in [0.4, 0.5) is 0 Å². The lowest BCUT2D eigenvalue weighted by atomic mass is 9.77. The Morgan fingerprint density at radius 3 is 2.58 bits per heavy atom. The summed E-state index contributed by atoms with van der Waals surface area (Å²) in [6, 6.07) is 8.20. The lowest BCUT2D eigenvalue weighted by Crippen LogP contribution is -2.44. The van der Waals surface area contributed by atoms with Crippen molar-refractivity contribution in [2.45, 2.75) is 51.5 Å². The molecule has 2 N–H and O–H groups in total. The van der Waals surface area contributed by atoms with Crippen LogP contribution in [-0.4, -0.2) is 24.9 Å². The molecule has 4 rings (SSSR count). The molecule has 8 heteroatoms. The number of nitrogens with two attached hydrogens (primary N) is 1. The van der Waals surface area contributed by atoms with E-state index >= 15 is 0 Å². The second kappa shape index (κ2) is 6.81. The van der Waals surface area contributed by atoms with Gasteiger partial charge in [-0.05, 0) is 43.7 Å². The van der Waals surface area contributed by atoms with Crippen LogP contribution in [-0.2, 0) is 5.54 Å². The van der Waals surface area contributed by atoms with E-state index in [-0.39, 0.29) is 12.4 Å². The second-order valence-corrected chi connectivity index (χ2v) is 7.04. The summed E-state index contributed by atoms with van der Waals surface area (Å²) in [4.78, 5) is 8.95. The van der Waals surface area contributed by atoms with Gasteiger partial charge in [0.1, 0.15) is 5.82 Å². The molecule has 0 atom stereocenters. The first-order valence-corrected chi connectivity index (χ1v) is 8.64. The predicted octanol–water partition coefficient (Wildman–Crippen LogP) is 3.51. The van der Waals surface area contributed by atoms with Crippen molar-refractivity contribution in [1.29, 1.82) is 0 Å². The van der Waals surface area contributed by atoms with Crippen LogP contribution in [0.15, 0.2) is 28.8 Å². The minimum Gasteiger partial charge on any atom is -0.330 e. The van der Waals surface area contributed by atoms with E-state index in [2.05, 4.69) is 40.1 Å². The van der Waals surface area contributed by atoms with Crippen LogP contribution in [0, 0.1) is 6.92 Å². The molecule has 26 heavy (non-hydrogen) atoms. The highest BCUT2D eigenvalue weighted by Crippen LogP contribution is 2.37. The Hall–Kier alpha value is -2.25. The van der Waals surface area contributed by atoms with Gasteiger partial charge in [-0.1, -0.05) is 37.2 Å². The molecule has 1 fully saturated rings. The summed E-state index contributed by atoms with van der Waals surface area (Å²) in [6.45, 7) is 6.24. The van der Waals surface area contributed by atoms with Gasteiger partial charge in [0.25, 0.3) is 5.89 Å². The molecule has 0 aliphatic heterocycles. The number of benzene rings is 1. The Bertz CT molecular complexity index is 912. The van der Waals surface area contributed by atoms with Gasteiger partial charge in [0.2, 0.25) is 5.82 Å². The first kappa shape index (κ1) is 18.5. The third-order valence-electron chi connectivity index (χ3n) is 4.86. The monoisotopic (exact) mass is 374 g/mol. The van der Waals surface area contributed by atoms with E-state index in [1.807, 2.05) is 29.8 Å². The first-order chi connectivity index (χ1) is 12.0. The maximum Gasteiger partial charge on any atom is 0.297 e. The Kier molecular flexibility index (Phi) is 4.86. The topological polar surface area (TPSA) is 95.7 Å². The molecule has 0 spiro atoms. The molecule has 0 unspecified atom stereocenters. The van der Waals surface area contributed by atoms with E-state index in [1.165, 1.54) is 5.56 Å². The van der Waals surface area contributed by atoms with Gasteiger partial charge in [0.05, 0.1) is 11.2 Å². The van der Waals surface area contributed by atoms with Crippen LogP contribution in [0.25, 0.3) is 17.4 Å². The summed E-state index contributed by atoms with van der Waals surface area (Å²) >= 11 is 0. The van der Waals surface area contributed by atoms with Crippen molar-refractivity contribution < 1.29 is 4.52 Å². The van der Waals surface area contributed by atoms with Gasteiger partial charge in [0.15, 0.2) is 5.82 Å². The van der Waals surface area contributed by atoms with E-state index in [0.29, 0.717) is 23.5 Å². The number of halogens is 1. The van der Waals surface area contributed by atoms with E-state index in [0.717, 1.165) is 30.8 Å². The largest absolute Gasteiger partial charge is 0.330 e. The Morgan fingerprint density at radius 2 is 1.92 bits per heavy atom. The van der Waals surface area contributed by atoms with Crippen LogP contribution in [0.3, 0.4) is 0 Å². The minimum absolute atomic E-state index is 0. The summed E-state index contributed by atoms with van der Waals surface area (Å²) in [5, 5.41) is 8.64. The number of para-hydroxylation sites is 1. The lowest BCUT2D eigenvalue weighted by Gasteiger charge is -2.34. The fourth-order valence-corrected chi connectivity index (χ4v) is 3.18. The van der Waals surface area contributed by atoms with Crippen molar-refractivity contribution in [3.05, 3.63) is 41.5 Å². The maximum absolute atomic E-state index is 6.26. The molecular formula is C18H23ClN6O. The first-order valence-electron chi connectivity index (χ1n) is 8.64. The molecule has 2 aromatic heterocycles. The molecule has 0 radical (unpaired) electrons. The number of rotatable bonds is 4. The smallest absolute Gasteiger partial charge is 0.297 e. The van der Waals surface area contributed by atoms with Crippen molar-refractivity contribution in [2.75, 3.05) is 0 Å². The normalized spacial score (nSPS) is 15.6. The molecular weight excluding hydrogens is 352 g/mol. The molecule has 7 nitrogen and oxygen atoms in total. The number of aryl methyl sites for hydroxylation is 1. The Morgan fingerprint density at radius 1 is 1.19 bits per heavy atom. The van der Waals surface area contributed by atoms with Crippen LogP contribution in [0.2, 0.25) is 0 Å². The predicted molar refractivity (Wildman–Crippen MR) is 100 cm³/mol. The highest BCUT2D eigenvalue weighted by Gasteiger charge is 2.39. The van der Waals surface area contributed by atoms with Crippen molar-refractivity contribution >= 4 is 12.4 Å². The highest BCUT2D eigenvalue weighted by molar-refractivity contribution is 5.85. The summed E-state index contributed by atoms with van der Waals surface area (Å²) in [5.74, 6) is 2.45. The average Bonchev–Trinajstić information content (AvgIpc) is 3.19. The number of hydrogen-bond acceptors (Lipinski definition) is 6. The van der Waals surface area contributed by atoms with Gasteiger partial charge in [0, 0.05) is 0 Å². The summed E-state index contributed by atoms with van der Waals surface area (Å²) in [6.07, 6.45) is 2.86. The fourth-order valence-electron chi connectivity index (χ4n) is 3.18. The molecule has 1 saturated carbocycles. The van der Waals surface area contributed by atoms with Crippen LogP contribution >= 0.6 is 12.4 Å². The second-order valence-electron chi connectivity index (χ2n) is 7.04. The highest BCUT2D eigenvalue weighted by atomic mass is 35.5. The van der Waals surface area contributed by atoms with Crippen molar-refractivity contribution in [1.82, 2.24) is 24.9 Å². The zero-order chi connectivity index (χ0) is 17.6. The van der Waals surface area contributed by atoms with E-state index in [4.69, 9.17) is 10.3 Å². The maximum atomic E-state index is 6.26. The molecule has 0 bridgehead atoms. The zero-order valence-electron chi connectivity index (χ0n) is 15.1. The lowest BCUT2D eigenvalue weighted by molar-refractivity contribution is 0.229. The number of hydrogen-bond donors (Lipinski definition) is 1. The quantitative estimate of drug-likeness (QED) is 0.750. The van der Waals surface area contributed by atoms with Crippen LogP contribution in [0.1, 0.15) is 56.2 Å². The standard InChI is InChI=1S/C18H22N6O.ClH/c1-11(2)13-7-4-5-8-14(13)24-12(3)20-15(22-24)16-21-17(23-25-16)18(19)9-6-10-18;/h4-5,7-8,11H,6,9-10,19H2,1-3H3;1H. The average molecular weight is 375 g/mol. The molecule has 2 heterocycles. The third-order valence-corrected chi connectivity index (χ3v) is 4.86. The summed E-state index contributed by atoms with van der Waals surface area (Å²) < 4.78 is 7.20. The fraction of sp³-hybridized carbons (Fsp3) is 0.444. The van der Waals surface area contributed by atoms with Crippen molar-refractivity contribution in [3.63, 3.8) is 0 Å². The van der Waals surface area contributed by atoms with E-state index in [1.54, 1.807) is 0 Å². The minimum atomic E-state index is -0.455.